The Morgan fingerprint density at radius 2 is 1.33 bits per heavy atom. The molecule has 174 valence electrons. The Bertz CT molecular complexity index is 1110. The molecule has 0 saturated carbocycles. The lowest BCUT2D eigenvalue weighted by atomic mass is 10.2. The van der Waals surface area contributed by atoms with Gasteiger partial charge < -0.3 is 9.47 Å². The van der Waals surface area contributed by atoms with Crippen molar-refractivity contribution in [3.63, 3.8) is 0 Å². The van der Waals surface area contributed by atoms with Crippen molar-refractivity contribution in [2.75, 3.05) is 12.7 Å². The van der Waals surface area contributed by atoms with Gasteiger partial charge in [-0.2, -0.15) is 0 Å². The summed E-state index contributed by atoms with van der Waals surface area (Å²) in [5, 5.41) is 2.51. The molecule has 1 fully saturated rings. The zero-order chi connectivity index (χ0) is 23.5. The summed E-state index contributed by atoms with van der Waals surface area (Å²) in [6.45, 7) is 5.83. The van der Waals surface area contributed by atoms with Gasteiger partial charge in [0.05, 0.1) is 11.0 Å². The summed E-state index contributed by atoms with van der Waals surface area (Å²) in [6.07, 6.45) is 0.105. The highest BCUT2D eigenvalue weighted by Gasteiger charge is 2.42. The molecule has 7 heteroatoms. The maximum atomic E-state index is 12.8. The zero-order valence-corrected chi connectivity index (χ0v) is 20.9. The fourth-order valence-electron chi connectivity index (χ4n) is 3.98. The lowest BCUT2D eigenvalue weighted by Crippen LogP contribution is -2.39. The lowest BCUT2D eigenvalue weighted by molar-refractivity contribution is -0.143. The molecule has 0 bridgehead atoms. The van der Waals surface area contributed by atoms with Crippen molar-refractivity contribution < 1.29 is 17.9 Å². The van der Waals surface area contributed by atoms with E-state index in [1.807, 2.05) is 32.9 Å². The van der Waals surface area contributed by atoms with E-state index < -0.39 is 29.8 Å². The Kier molecular flexibility index (Phi) is 7.32. The van der Waals surface area contributed by atoms with Crippen LogP contribution in [0.2, 0.25) is 0 Å². The van der Waals surface area contributed by atoms with E-state index in [1.54, 1.807) is 24.3 Å². The van der Waals surface area contributed by atoms with Crippen molar-refractivity contribution in [2.45, 2.75) is 43.7 Å². The van der Waals surface area contributed by atoms with Gasteiger partial charge in [0.2, 0.25) is 10.0 Å². The number of rotatable bonds is 8. The van der Waals surface area contributed by atoms with Gasteiger partial charge >= 0.3 is 0 Å². The van der Waals surface area contributed by atoms with Crippen molar-refractivity contribution in [3.8, 4) is 0 Å². The summed E-state index contributed by atoms with van der Waals surface area (Å²) in [4.78, 5) is 0.249. The molecule has 0 aromatic heterocycles. The van der Waals surface area contributed by atoms with E-state index in [9.17, 15) is 8.42 Å². The lowest BCUT2D eigenvalue weighted by Gasteiger charge is -2.25. The molecule has 0 spiro atoms. The van der Waals surface area contributed by atoms with Crippen LogP contribution in [-0.2, 0) is 19.5 Å². The number of nitrogens with one attached hydrogen (secondary N) is 1. The van der Waals surface area contributed by atoms with Crippen LogP contribution >= 0.6 is 7.92 Å². The molecule has 3 aromatic rings. The minimum atomic E-state index is -3.64. The molecule has 0 aliphatic carbocycles. The number of ether oxygens (including phenoxy) is 2. The topological polar surface area (TPSA) is 64.6 Å². The van der Waals surface area contributed by atoms with E-state index in [-0.39, 0.29) is 17.5 Å². The molecular weight excluding hydrogens is 453 g/mol. The molecular formula is C26H30NO4PS. The Morgan fingerprint density at radius 1 is 0.818 bits per heavy atom. The third kappa shape index (κ3) is 6.08. The highest BCUT2D eigenvalue weighted by Crippen LogP contribution is 2.40. The average molecular weight is 484 g/mol. The Morgan fingerprint density at radius 3 is 1.88 bits per heavy atom. The number of hydrogen-bond acceptors (Lipinski definition) is 4. The largest absolute Gasteiger partial charge is 0.344 e. The van der Waals surface area contributed by atoms with Crippen LogP contribution in [0.3, 0.4) is 0 Å². The third-order valence-corrected chi connectivity index (χ3v) is 9.60. The first-order valence-corrected chi connectivity index (χ1v) is 14.0. The van der Waals surface area contributed by atoms with Crippen LogP contribution in [0.25, 0.3) is 0 Å². The van der Waals surface area contributed by atoms with Crippen LogP contribution in [0.15, 0.2) is 89.8 Å². The van der Waals surface area contributed by atoms with Crippen molar-refractivity contribution in [2.24, 2.45) is 0 Å². The average Bonchev–Trinajstić information content (AvgIpc) is 3.11. The first-order valence-electron chi connectivity index (χ1n) is 11.0. The quantitative estimate of drug-likeness (QED) is 0.493. The second-order valence-corrected chi connectivity index (χ2v) is 12.7. The molecule has 2 atom stereocenters. The van der Waals surface area contributed by atoms with Crippen LogP contribution in [0.1, 0.15) is 19.4 Å². The van der Waals surface area contributed by atoms with Gasteiger partial charge in [0.1, 0.15) is 6.10 Å². The first kappa shape index (κ1) is 24.1. The van der Waals surface area contributed by atoms with Crippen molar-refractivity contribution in [3.05, 3.63) is 90.5 Å². The van der Waals surface area contributed by atoms with E-state index >= 15 is 0 Å². The van der Waals surface area contributed by atoms with E-state index in [4.69, 9.17) is 9.47 Å². The molecule has 1 N–H and O–H groups in total. The summed E-state index contributed by atoms with van der Waals surface area (Å²) in [5.41, 5.74) is 1.01. The Hall–Kier alpha value is -2.08. The smallest absolute Gasteiger partial charge is 0.240 e. The molecule has 1 aliphatic heterocycles. The van der Waals surface area contributed by atoms with Crippen molar-refractivity contribution in [1.82, 2.24) is 4.72 Å². The van der Waals surface area contributed by atoms with Crippen LogP contribution < -0.4 is 15.3 Å². The monoisotopic (exact) mass is 483 g/mol. The fourth-order valence-corrected chi connectivity index (χ4v) is 7.48. The molecule has 33 heavy (non-hydrogen) atoms. The minimum absolute atomic E-state index is 0.150. The highest BCUT2D eigenvalue weighted by atomic mass is 32.2. The second-order valence-electron chi connectivity index (χ2n) is 8.66. The van der Waals surface area contributed by atoms with Crippen molar-refractivity contribution >= 4 is 28.6 Å². The number of aryl methyl sites for hydroxylation is 1. The van der Waals surface area contributed by atoms with E-state index in [0.29, 0.717) is 0 Å². The predicted octanol–water partition coefficient (Wildman–Crippen LogP) is 3.93. The van der Waals surface area contributed by atoms with Crippen LogP contribution in [0, 0.1) is 6.92 Å². The molecule has 1 aliphatic rings. The van der Waals surface area contributed by atoms with Gasteiger partial charge in [0.25, 0.3) is 0 Å². The normalized spacial score (nSPS) is 20.2. The van der Waals surface area contributed by atoms with Gasteiger partial charge in [0.15, 0.2) is 5.79 Å². The summed E-state index contributed by atoms with van der Waals surface area (Å²) in [7, 11) is -4.34. The number of hydrogen-bond donors (Lipinski definition) is 1. The molecule has 4 rings (SSSR count). The van der Waals surface area contributed by atoms with Gasteiger partial charge in [-0.25, -0.2) is 13.1 Å². The molecule has 1 heterocycles. The Labute approximate surface area is 197 Å². The van der Waals surface area contributed by atoms with Crippen LogP contribution in [-0.4, -0.2) is 39.1 Å². The number of benzene rings is 3. The van der Waals surface area contributed by atoms with Crippen LogP contribution in [0.4, 0.5) is 0 Å². The van der Waals surface area contributed by atoms with Gasteiger partial charge in [-0.1, -0.05) is 78.4 Å². The summed E-state index contributed by atoms with van der Waals surface area (Å²) in [6, 6.07) is 27.7. The van der Waals surface area contributed by atoms with E-state index in [1.165, 1.54) is 10.6 Å². The predicted molar refractivity (Wildman–Crippen MR) is 134 cm³/mol. The van der Waals surface area contributed by atoms with E-state index in [0.717, 1.165) is 11.7 Å². The van der Waals surface area contributed by atoms with Crippen molar-refractivity contribution in [1.29, 1.82) is 0 Å². The van der Waals surface area contributed by atoms with Gasteiger partial charge in [-0.3, -0.25) is 0 Å². The fraction of sp³-hybridized carbons (Fsp3) is 0.308. The molecule has 0 unspecified atom stereocenters. The molecule has 1 saturated heterocycles. The Balaban J connectivity index is 1.54. The summed E-state index contributed by atoms with van der Waals surface area (Å²) < 4.78 is 40.8. The third-order valence-electron chi connectivity index (χ3n) is 5.59. The molecule has 0 radical (unpaired) electrons. The van der Waals surface area contributed by atoms with Gasteiger partial charge in [-0.15, -0.1) is 0 Å². The maximum absolute atomic E-state index is 12.8. The highest BCUT2D eigenvalue weighted by molar-refractivity contribution is 7.89. The number of sulfonamides is 1. The maximum Gasteiger partial charge on any atom is 0.240 e. The van der Waals surface area contributed by atoms with E-state index in [2.05, 4.69) is 53.3 Å². The zero-order valence-electron chi connectivity index (χ0n) is 19.1. The minimum Gasteiger partial charge on any atom is -0.344 e. The SMILES string of the molecule is Cc1ccc(S(=O)(=O)NC[C@@H]2OC(C)(C)O[C@H]2CP(c2ccccc2)c2ccccc2)cc1. The summed E-state index contributed by atoms with van der Waals surface area (Å²) >= 11 is 0. The molecule has 5 nitrogen and oxygen atoms in total. The van der Waals surface area contributed by atoms with Gasteiger partial charge in [0, 0.05) is 12.7 Å². The van der Waals surface area contributed by atoms with Gasteiger partial charge in [-0.05, 0) is 51.4 Å². The summed E-state index contributed by atoms with van der Waals surface area (Å²) in [5.74, 6) is -0.779. The molecule has 3 aromatic carbocycles. The van der Waals surface area contributed by atoms with Crippen LogP contribution in [0.5, 0.6) is 0 Å². The molecule has 0 amide bonds. The first-order chi connectivity index (χ1) is 15.7. The second kappa shape index (κ2) is 10.0. The standard InChI is InChI=1S/C26H30NO4PS/c1-20-14-16-23(17-15-20)33(28,29)27-18-24-25(31-26(2,3)30-24)19-32(21-10-6-4-7-11-21)22-12-8-5-9-13-22/h4-17,24-25,27H,18-19H2,1-3H3/t24-,25-/m0/s1.